The molecule has 0 unspecified atom stereocenters. The molecule has 2 aromatic carbocycles. The van der Waals surface area contributed by atoms with E-state index in [9.17, 15) is 14.0 Å². The van der Waals surface area contributed by atoms with Crippen LogP contribution in [0.4, 0.5) is 4.39 Å². The Morgan fingerprint density at radius 1 is 0.917 bits per heavy atom. The van der Waals surface area contributed by atoms with Gasteiger partial charge in [0.15, 0.2) is 6.61 Å². The van der Waals surface area contributed by atoms with Gasteiger partial charge in [0.05, 0.1) is 6.61 Å². The van der Waals surface area contributed by atoms with Crippen molar-refractivity contribution in [3.05, 3.63) is 59.9 Å². The minimum absolute atomic E-state index is 0.310. The van der Waals surface area contributed by atoms with Gasteiger partial charge in [0.1, 0.15) is 17.3 Å². The number of hydrogen-bond acceptors (Lipinski definition) is 4. The number of benzene rings is 2. The normalized spacial score (nSPS) is 9.92. The summed E-state index contributed by atoms with van der Waals surface area (Å²) in [4.78, 5) is 23.5. The summed E-state index contributed by atoms with van der Waals surface area (Å²) in [6, 6.07) is 11.8. The predicted molar refractivity (Wildman–Crippen MR) is 85.1 cm³/mol. The van der Waals surface area contributed by atoms with Crippen LogP contribution in [0.2, 0.25) is 0 Å². The van der Waals surface area contributed by atoms with Crippen molar-refractivity contribution in [3.8, 4) is 11.5 Å². The van der Waals surface area contributed by atoms with Gasteiger partial charge in [-0.2, -0.15) is 0 Å². The van der Waals surface area contributed by atoms with Crippen molar-refractivity contribution in [2.45, 2.75) is 6.92 Å². The van der Waals surface area contributed by atoms with Crippen LogP contribution >= 0.6 is 0 Å². The number of carbonyl (C=O) groups is 2. The molecule has 0 spiro atoms. The Balaban J connectivity index is 1.76. The fourth-order valence-electron chi connectivity index (χ4n) is 1.78. The molecule has 0 saturated heterocycles. The van der Waals surface area contributed by atoms with E-state index in [-0.39, 0.29) is 6.61 Å². The first-order valence-electron chi connectivity index (χ1n) is 7.29. The van der Waals surface area contributed by atoms with E-state index >= 15 is 0 Å². The maximum absolute atomic E-state index is 12.7. The fourth-order valence-corrected chi connectivity index (χ4v) is 1.78. The quantitative estimate of drug-likeness (QED) is 0.794. The summed E-state index contributed by atoms with van der Waals surface area (Å²) in [5, 5.41) is 0. The molecule has 0 aromatic heterocycles. The summed E-state index contributed by atoms with van der Waals surface area (Å²) in [5.74, 6) is -0.392. The molecule has 126 valence electrons. The second-order valence-electron chi connectivity index (χ2n) is 4.70. The van der Waals surface area contributed by atoms with Crippen LogP contribution in [-0.4, -0.2) is 25.0 Å². The number of hydrazine groups is 1. The third-order valence-corrected chi connectivity index (χ3v) is 2.93. The lowest BCUT2D eigenvalue weighted by atomic mass is 10.2. The molecule has 2 aromatic rings. The SMILES string of the molecule is CCOc1ccc(C(=O)NNC(=O)COc2ccc(F)cc2)cc1. The highest BCUT2D eigenvalue weighted by molar-refractivity contribution is 5.95. The molecule has 7 heteroatoms. The van der Waals surface area contributed by atoms with E-state index in [0.717, 1.165) is 0 Å². The molecule has 2 rings (SSSR count). The minimum Gasteiger partial charge on any atom is -0.494 e. The summed E-state index contributed by atoms with van der Waals surface area (Å²) in [5.41, 5.74) is 4.88. The fraction of sp³-hybridized carbons (Fsp3) is 0.176. The topological polar surface area (TPSA) is 76.7 Å². The first-order valence-corrected chi connectivity index (χ1v) is 7.29. The molecule has 0 bridgehead atoms. The highest BCUT2D eigenvalue weighted by Crippen LogP contribution is 2.12. The standard InChI is InChI=1S/C17H17FN2O4/c1-2-23-14-7-3-12(4-8-14)17(22)20-19-16(21)11-24-15-9-5-13(18)6-10-15/h3-10H,2,11H2,1H3,(H,19,21)(H,20,22). The van der Waals surface area contributed by atoms with Gasteiger partial charge in [-0.1, -0.05) is 0 Å². The van der Waals surface area contributed by atoms with Gasteiger partial charge in [0.2, 0.25) is 0 Å². The number of nitrogens with one attached hydrogen (secondary N) is 2. The average molecular weight is 332 g/mol. The van der Waals surface area contributed by atoms with Crippen molar-refractivity contribution < 1.29 is 23.5 Å². The van der Waals surface area contributed by atoms with Crippen LogP contribution in [-0.2, 0) is 4.79 Å². The van der Waals surface area contributed by atoms with Gasteiger partial charge in [0.25, 0.3) is 11.8 Å². The lowest BCUT2D eigenvalue weighted by Gasteiger charge is -2.09. The smallest absolute Gasteiger partial charge is 0.276 e. The van der Waals surface area contributed by atoms with Gasteiger partial charge in [-0.3, -0.25) is 20.4 Å². The van der Waals surface area contributed by atoms with E-state index in [2.05, 4.69) is 10.9 Å². The Morgan fingerprint density at radius 3 is 2.12 bits per heavy atom. The number of halogens is 1. The number of amides is 2. The van der Waals surface area contributed by atoms with Crippen molar-refractivity contribution in [2.75, 3.05) is 13.2 Å². The highest BCUT2D eigenvalue weighted by Gasteiger charge is 2.08. The highest BCUT2D eigenvalue weighted by atomic mass is 19.1. The van der Waals surface area contributed by atoms with Crippen LogP contribution in [0.15, 0.2) is 48.5 Å². The summed E-state index contributed by atoms with van der Waals surface area (Å²) < 4.78 is 23.2. The lowest BCUT2D eigenvalue weighted by Crippen LogP contribution is -2.43. The molecule has 0 atom stereocenters. The van der Waals surface area contributed by atoms with Gasteiger partial charge in [-0.25, -0.2) is 4.39 Å². The molecule has 24 heavy (non-hydrogen) atoms. The maximum atomic E-state index is 12.7. The number of carbonyl (C=O) groups excluding carboxylic acids is 2. The first kappa shape index (κ1) is 17.3. The maximum Gasteiger partial charge on any atom is 0.276 e. The van der Waals surface area contributed by atoms with Crippen LogP contribution in [0.25, 0.3) is 0 Å². The van der Waals surface area contributed by atoms with Crippen molar-refractivity contribution in [2.24, 2.45) is 0 Å². The largest absolute Gasteiger partial charge is 0.494 e. The molecular weight excluding hydrogens is 315 g/mol. The van der Waals surface area contributed by atoms with Crippen LogP contribution in [0, 0.1) is 5.82 Å². The van der Waals surface area contributed by atoms with Crippen LogP contribution in [0.5, 0.6) is 11.5 Å². The summed E-state index contributed by atoms with van der Waals surface area (Å²) in [7, 11) is 0. The second-order valence-corrected chi connectivity index (χ2v) is 4.70. The third kappa shape index (κ3) is 5.28. The molecule has 2 N–H and O–H groups in total. The monoisotopic (exact) mass is 332 g/mol. The zero-order valence-corrected chi connectivity index (χ0v) is 13.0. The van der Waals surface area contributed by atoms with E-state index in [4.69, 9.17) is 9.47 Å². The van der Waals surface area contributed by atoms with Crippen LogP contribution < -0.4 is 20.3 Å². The molecule has 6 nitrogen and oxygen atoms in total. The third-order valence-electron chi connectivity index (χ3n) is 2.93. The van der Waals surface area contributed by atoms with E-state index in [1.165, 1.54) is 24.3 Å². The summed E-state index contributed by atoms with van der Waals surface area (Å²) in [6.07, 6.45) is 0. The molecule has 0 aliphatic carbocycles. The zero-order valence-electron chi connectivity index (χ0n) is 13.0. The Hall–Kier alpha value is -3.09. The van der Waals surface area contributed by atoms with Crippen molar-refractivity contribution in [1.29, 1.82) is 0 Å². The van der Waals surface area contributed by atoms with Crippen molar-refractivity contribution >= 4 is 11.8 Å². The van der Waals surface area contributed by atoms with Gasteiger partial charge in [-0.15, -0.1) is 0 Å². The van der Waals surface area contributed by atoms with Crippen molar-refractivity contribution in [1.82, 2.24) is 10.9 Å². The van der Waals surface area contributed by atoms with Gasteiger partial charge >= 0.3 is 0 Å². The number of hydrogen-bond donors (Lipinski definition) is 2. The van der Waals surface area contributed by atoms with E-state index in [1.54, 1.807) is 24.3 Å². The second kappa shape index (κ2) is 8.52. The Bertz CT molecular complexity index is 687. The van der Waals surface area contributed by atoms with E-state index in [0.29, 0.717) is 23.7 Å². The van der Waals surface area contributed by atoms with Crippen LogP contribution in [0.3, 0.4) is 0 Å². The molecule has 0 heterocycles. The van der Waals surface area contributed by atoms with E-state index in [1.807, 2.05) is 6.92 Å². The lowest BCUT2D eigenvalue weighted by molar-refractivity contribution is -0.123. The number of ether oxygens (including phenoxy) is 2. The molecule has 2 amide bonds. The number of rotatable bonds is 6. The molecule has 0 fully saturated rings. The molecule has 0 saturated carbocycles. The molecule has 0 aliphatic heterocycles. The van der Waals surface area contributed by atoms with Gasteiger partial charge < -0.3 is 9.47 Å². The first-order chi connectivity index (χ1) is 11.6. The molecule has 0 aliphatic rings. The molecule has 0 radical (unpaired) electrons. The summed E-state index contributed by atoms with van der Waals surface area (Å²) in [6.45, 7) is 2.09. The Kier molecular flexibility index (Phi) is 6.13. The predicted octanol–water partition coefficient (Wildman–Crippen LogP) is 2.06. The Labute approximate surface area is 138 Å². The minimum atomic E-state index is -0.543. The summed E-state index contributed by atoms with van der Waals surface area (Å²) >= 11 is 0. The van der Waals surface area contributed by atoms with Crippen LogP contribution in [0.1, 0.15) is 17.3 Å². The van der Waals surface area contributed by atoms with E-state index < -0.39 is 17.6 Å². The zero-order chi connectivity index (χ0) is 17.4. The molecular formula is C17H17FN2O4. The van der Waals surface area contributed by atoms with Crippen molar-refractivity contribution in [3.63, 3.8) is 0 Å². The Morgan fingerprint density at radius 2 is 1.50 bits per heavy atom. The van der Waals surface area contributed by atoms with Gasteiger partial charge in [-0.05, 0) is 55.5 Å². The van der Waals surface area contributed by atoms with Gasteiger partial charge in [0, 0.05) is 5.56 Å². The average Bonchev–Trinajstić information content (AvgIpc) is 2.60.